The van der Waals surface area contributed by atoms with Gasteiger partial charge in [-0.05, 0) is 98.0 Å². The van der Waals surface area contributed by atoms with Crippen LogP contribution in [0.1, 0.15) is 106 Å². The van der Waals surface area contributed by atoms with Gasteiger partial charge >= 0.3 is 5.76 Å². The first-order valence-electron chi connectivity index (χ1n) is 16.1. The Morgan fingerprint density at radius 2 is 1.59 bits per heavy atom. The van der Waals surface area contributed by atoms with Gasteiger partial charge in [-0.2, -0.15) is 15.0 Å². The van der Waals surface area contributed by atoms with E-state index in [9.17, 15) is 24.4 Å². The van der Waals surface area contributed by atoms with Gasteiger partial charge in [-0.1, -0.05) is 31.4 Å². The molecule has 2 heterocycles. The molecule has 1 unspecified atom stereocenters. The molecule has 1 saturated heterocycles. The Morgan fingerprint density at radius 3 is 2.17 bits per heavy atom. The SMILES string of the molecule is N#CC1CCCN1C(=O)CNCCC1(c2nc(=O)on2C2CCCCC2)c2ccc(C(N)=O)cc2CCc2cc(C(N)=O)ccc21. The number of hydrogen-bond acceptors (Lipinski definition) is 8. The molecule has 3 aliphatic rings. The van der Waals surface area contributed by atoms with Crippen molar-refractivity contribution in [3.63, 3.8) is 0 Å². The van der Waals surface area contributed by atoms with Gasteiger partial charge in [0.25, 0.3) is 0 Å². The standard InChI is InChI=1S/C34H39N7O5/c35-19-26-7-4-16-40(26)29(42)20-38-15-14-34(32-39-33(45)46-41(32)25-5-2-1-3-6-25)27-12-10-23(30(36)43)17-21(27)8-9-22-18-24(31(37)44)11-13-28(22)34/h10-13,17-18,25-26,38H,1-9,14-16,20H2,(H2,36,43)(H2,37,44). The summed E-state index contributed by atoms with van der Waals surface area (Å²) in [6.07, 6.45) is 7.69. The van der Waals surface area contributed by atoms with Crippen molar-refractivity contribution in [2.75, 3.05) is 19.6 Å². The summed E-state index contributed by atoms with van der Waals surface area (Å²) in [6.45, 7) is 0.945. The van der Waals surface area contributed by atoms with E-state index in [1.165, 1.54) is 0 Å². The Labute approximate surface area is 266 Å². The minimum atomic E-state index is -1.06. The molecule has 2 fully saturated rings. The molecule has 1 aromatic heterocycles. The second-order valence-corrected chi connectivity index (χ2v) is 12.6. The molecule has 1 aliphatic heterocycles. The molecule has 5 N–H and O–H groups in total. The molecule has 0 bridgehead atoms. The highest BCUT2D eigenvalue weighted by Crippen LogP contribution is 2.48. The fourth-order valence-electron chi connectivity index (χ4n) is 7.68. The van der Waals surface area contributed by atoms with Crippen molar-refractivity contribution in [3.05, 3.63) is 86.2 Å². The van der Waals surface area contributed by atoms with Crippen LogP contribution in [0.4, 0.5) is 0 Å². The lowest BCUT2D eigenvalue weighted by Gasteiger charge is -2.37. The van der Waals surface area contributed by atoms with Crippen LogP contribution in [-0.2, 0) is 23.1 Å². The number of carbonyl (C=O) groups is 3. The Hall–Kier alpha value is -4.76. The van der Waals surface area contributed by atoms with Crippen LogP contribution in [0.5, 0.6) is 0 Å². The quantitative estimate of drug-likeness (QED) is 0.302. The molecule has 2 aromatic carbocycles. The maximum Gasteiger partial charge on any atom is 0.459 e. The molecular formula is C34H39N7O5. The fraction of sp³-hybridized carbons (Fsp3) is 0.471. The third kappa shape index (κ3) is 5.71. The largest absolute Gasteiger partial charge is 0.459 e. The number of primary amides is 2. The second kappa shape index (κ2) is 12.9. The summed E-state index contributed by atoms with van der Waals surface area (Å²) in [5.41, 5.74) is 14.5. The summed E-state index contributed by atoms with van der Waals surface area (Å²) in [7, 11) is 0. The van der Waals surface area contributed by atoms with Gasteiger partial charge in [0.05, 0.1) is 24.1 Å². The number of rotatable bonds is 9. The lowest BCUT2D eigenvalue weighted by Crippen LogP contribution is -2.43. The molecule has 1 atom stereocenters. The zero-order chi connectivity index (χ0) is 32.4. The lowest BCUT2D eigenvalue weighted by molar-refractivity contribution is -0.130. The number of nitrogens with two attached hydrogens (primary N) is 2. The van der Waals surface area contributed by atoms with Gasteiger partial charge in [0.2, 0.25) is 17.7 Å². The third-order valence-electron chi connectivity index (χ3n) is 9.91. The number of likely N-dealkylation sites (tertiary alicyclic amines) is 1. The van der Waals surface area contributed by atoms with E-state index in [4.69, 9.17) is 16.0 Å². The van der Waals surface area contributed by atoms with E-state index in [1.807, 2.05) is 12.1 Å². The van der Waals surface area contributed by atoms with Crippen LogP contribution in [0.3, 0.4) is 0 Å². The molecular weight excluding hydrogens is 586 g/mol. The summed E-state index contributed by atoms with van der Waals surface area (Å²) < 4.78 is 7.55. The number of carbonyl (C=O) groups excluding carboxylic acids is 3. The van der Waals surface area contributed by atoms with E-state index >= 15 is 0 Å². The number of aryl methyl sites for hydroxylation is 2. The topological polar surface area (TPSA) is 190 Å². The molecule has 12 heteroatoms. The van der Waals surface area contributed by atoms with Crippen LogP contribution in [0.25, 0.3) is 0 Å². The van der Waals surface area contributed by atoms with Crippen molar-refractivity contribution in [1.29, 1.82) is 5.26 Å². The first-order valence-corrected chi connectivity index (χ1v) is 16.1. The number of aromatic nitrogens is 2. The summed E-state index contributed by atoms with van der Waals surface area (Å²) in [5, 5.41) is 12.8. The molecule has 1 saturated carbocycles. The highest BCUT2D eigenvalue weighted by molar-refractivity contribution is 5.94. The van der Waals surface area contributed by atoms with E-state index in [0.717, 1.165) is 60.8 Å². The van der Waals surface area contributed by atoms with Crippen molar-refractivity contribution in [2.24, 2.45) is 11.5 Å². The zero-order valence-electron chi connectivity index (χ0n) is 25.8. The number of amides is 3. The van der Waals surface area contributed by atoms with Crippen molar-refractivity contribution >= 4 is 17.7 Å². The minimum Gasteiger partial charge on any atom is -0.366 e. The van der Waals surface area contributed by atoms with E-state index in [2.05, 4.69) is 16.4 Å². The average molecular weight is 626 g/mol. The predicted molar refractivity (Wildman–Crippen MR) is 168 cm³/mol. The van der Waals surface area contributed by atoms with Crippen LogP contribution in [-0.4, -0.2) is 58.0 Å². The second-order valence-electron chi connectivity index (χ2n) is 12.6. The van der Waals surface area contributed by atoms with E-state index in [-0.39, 0.29) is 18.5 Å². The third-order valence-corrected chi connectivity index (χ3v) is 9.91. The molecule has 3 aromatic rings. The molecule has 12 nitrogen and oxygen atoms in total. The van der Waals surface area contributed by atoms with Gasteiger partial charge < -0.3 is 26.2 Å². The van der Waals surface area contributed by atoms with Gasteiger partial charge in [-0.25, -0.2) is 4.79 Å². The predicted octanol–water partition coefficient (Wildman–Crippen LogP) is 2.47. The maximum absolute atomic E-state index is 13.1. The highest BCUT2D eigenvalue weighted by Gasteiger charge is 2.46. The number of benzene rings is 2. The lowest BCUT2D eigenvalue weighted by atomic mass is 9.68. The van der Waals surface area contributed by atoms with E-state index in [1.54, 1.807) is 33.9 Å². The van der Waals surface area contributed by atoms with Crippen molar-refractivity contribution in [3.8, 4) is 6.07 Å². The monoisotopic (exact) mass is 625 g/mol. The Bertz CT molecular complexity index is 1700. The van der Waals surface area contributed by atoms with Gasteiger partial charge in [-0.3, -0.25) is 14.4 Å². The first-order chi connectivity index (χ1) is 22.2. The van der Waals surface area contributed by atoms with Crippen molar-refractivity contribution < 1.29 is 18.9 Å². The number of nitrogens with one attached hydrogen (secondary N) is 1. The summed E-state index contributed by atoms with van der Waals surface area (Å²) >= 11 is 0. The van der Waals surface area contributed by atoms with Gasteiger partial charge in [-0.15, -0.1) is 0 Å². The van der Waals surface area contributed by atoms with Crippen molar-refractivity contribution in [2.45, 2.75) is 81.7 Å². The normalized spacial score (nSPS) is 19.1. The van der Waals surface area contributed by atoms with Crippen LogP contribution in [0.15, 0.2) is 45.7 Å². The number of hydrogen-bond donors (Lipinski definition) is 3. The van der Waals surface area contributed by atoms with Crippen molar-refractivity contribution in [1.82, 2.24) is 19.9 Å². The van der Waals surface area contributed by atoms with Crippen LogP contribution < -0.4 is 22.5 Å². The molecule has 0 spiro atoms. The van der Waals surface area contributed by atoms with Crippen LogP contribution in [0, 0.1) is 11.3 Å². The van der Waals surface area contributed by atoms with E-state index < -0.39 is 29.0 Å². The molecule has 3 amide bonds. The summed E-state index contributed by atoms with van der Waals surface area (Å²) in [5.74, 6) is -1.49. The molecule has 2 aliphatic carbocycles. The Morgan fingerprint density at radius 1 is 0.957 bits per heavy atom. The first kappa shape index (κ1) is 31.2. The van der Waals surface area contributed by atoms with Crippen LogP contribution in [0.2, 0.25) is 0 Å². The van der Waals surface area contributed by atoms with Gasteiger partial charge in [0.1, 0.15) is 6.04 Å². The number of nitrogens with zero attached hydrogens (tertiary/aromatic N) is 4. The minimum absolute atomic E-state index is 0.0451. The Kier molecular flexibility index (Phi) is 8.77. The summed E-state index contributed by atoms with van der Waals surface area (Å²) in [6, 6.07) is 12.5. The van der Waals surface area contributed by atoms with Gasteiger partial charge in [0, 0.05) is 17.7 Å². The molecule has 0 radical (unpaired) electrons. The van der Waals surface area contributed by atoms with Gasteiger partial charge in [0.15, 0.2) is 5.82 Å². The van der Waals surface area contributed by atoms with E-state index in [0.29, 0.717) is 55.7 Å². The Balaban J connectivity index is 1.50. The van der Waals surface area contributed by atoms with Crippen LogP contribution >= 0.6 is 0 Å². The fourth-order valence-corrected chi connectivity index (χ4v) is 7.68. The number of fused-ring (bicyclic) bond motifs is 2. The smallest absolute Gasteiger partial charge is 0.366 e. The molecule has 6 rings (SSSR count). The zero-order valence-corrected chi connectivity index (χ0v) is 25.8. The summed E-state index contributed by atoms with van der Waals surface area (Å²) in [4.78, 5) is 56.8. The highest BCUT2D eigenvalue weighted by atomic mass is 16.5. The maximum atomic E-state index is 13.1. The average Bonchev–Trinajstić information content (AvgIpc) is 3.68. The number of nitriles is 1. The molecule has 46 heavy (non-hydrogen) atoms. The molecule has 240 valence electrons.